The lowest BCUT2D eigenvalue weighted by atomic mass is 10.1. The van der Waals surface area contributed by atoms with Crippen LogP contribution in [0.2, 0.25) is 0 Å². The molecule has 1 aliphatic rings. The van der Waals surface area contributed by atoms with Gasteiger partial charge in [-0.25, -0.2) is 0 Å². The summed E-state index contributed by atoms with van der Waals surface area (Å²) in [6.07, 6.45) is 6.08. The molecule has 0 aliphatic heterocycles. The van der Waals surface area contributed by atoms with E-state index in [0.29, 0.717) is 17.6 Å². The Kier molecular flexibility index (Phi) is 4.40. The normalized spacial score (nSPS) is 14.0. The summed E-state index contributed by atoms with van der Waals surface area (Å²) in [5.74, 6) is -0.0764. The molecule has 4 nitrogen and oxygen atoms in total. The van der Waals surface area contributed by atoms with Crippen LogP contribution in [0.3, 0.4) is 0 Å². The van der Waals surface area contributed by atoms with Gasteiger partial charge in [-0.2, -0.15) is 0 Å². The minimum Gasteiger partial charge on any atom is -0.332 e. The molecule has 0 spiro atoms. The van der Waals surface area contributed by atoms with Gasteiger partial charge in [-0.1, -0.05) is 60.7 Å². The molecule has 0 saturated heterocycles. The topological polar surface area (TPSA) is 53.2 Å². The number of rotatable bonds is 5. The number of hydrogen-bond donors (Lipinski definition) is 1. The van der Waals surface area contributed by atoms with Gasteiger partial charge in [-0.15, -0.1) is 0 Å². The lowest BCUT2D eigenvalue weighted by molar-refractivity contribution is 0.0764. The molecule has 0 atom stereocenters. The third-order valence-electron chi connectivity index (χ3n) is 4.64. The van der Waals surface area contributed by atoms with E-state index >= 15 is 0 Å². The van der Waals surface area contributed by atoms with Gasteiger partial charge >= 0.3 is 0 Å². The van der Waals surface area contributed by atoms with Crippen LogP contribution in [0.4, 0.5) is 0 Å². The molecule has 3 aromatic rings. The Morgan fingerprint density at radius 2 is 1.81 bits per heavy atom. The van der Waals surface area contributed by atoms with E-state index in [1.807, 2.05) is 71.6 Å². The maximum atomic E-state index is 13.2. The fraction of sp³-hybridized carbons (Fsp3) is 0.182. The molecular formula is C22H20N2O2. The summed E-state index contributed by atoms with van der Waals surface area (Å²) in [6, 6.07) is 19.2. The number of nitrogens with zero attached hydrogens (tertiary/aromatic N) is 1. The first-order valence-corrected chi connectivity index (χ1v) is 8.87. The summed E-state index contributed by atoms with van der Waals surface area (Å²) in [6.45, 7) is 0.541. The molecule has 1 aliphatic carbocycles. The quantitative estimate of drug-likeness (QED) is 0.764. The number of carbonyl (C=O) groups is 1. The zero-order valence-corrected chi connectivity index (χ0v) is 14.4. The van der Waals surface area contributed by atoms with Crippen molar-refractivity contribution in [2.45, 2.75) is 18.9 Å². The predicted molar refractivity (Wildman–Crippen MR) is 104 cm³/mol. The van der Waals surface area contributed by atoms with Crippen LogP contribution in [0, 0.1) is 0 Å². The van der Waals surface area contributed by atoms with Crippen LogP contribution in [0.25, 0.3) is 17.0 Å². The third kappa shape index (κ3) is 3.45. The molecule has 1 fully saturated rings. The molecule has 2 aromatic carbocycles. The Labute approximate surface area is 151 Å². The highest BCUT2D eigenvalue weighted by atomic mass is 16.2. The fourth-order valence-corrected chi connectivity index (χ4v) is 3.19. The number of para-hydroxylation sites is 1. The molecule has 26 heavy (non-hydrogen) atoms. The number of carbonyl (C=O) groups excluding carboxylic acids is 1. The summed E-state index contributed by atoms with van der Waals surface area (Å²) in [5, 5.41) is 0.787. The van der Waals surface area contributed by atoms with Crippen molar-refractivity contribution in [2.75, 3.05) is 6.54 Å². The van der Waals surface area contributed by atoms with Crippen molar-refractivity contribution in [3.8, 4) is 0 Å². The number of aromatic nitrogens is 1. The zero-order valence-electron chi connectivity index (χ0n) is 14.4. The van der Waals surface area contributed by atoms with Crippen molar-refractivity contribution in [3.63, 3.8) is 0 Å². The van der Waals surface area contributed by atoms with Gasteiger partial charge in [0.05, 0.1) is 5.56 Å². The van der Waals surface area contributed by atoms with E-state index in [-0.39, 0.29) is 17.5 Å². The molecule has 0 unspecified atom stereocenters. The van der Waals surface area contributed by atoms with E-state index < -0.39 is 0 Å². The van der Waals surface area contributed by atoms with Gasteiger partial charge in [0.25, 0.3) is 5.91 Å². The average Bonchev–Trinajstić information content (AvgIpc) is 3.50. The Hall–Kier alpha value is -3.14. The van der Waals surface area contributed by atoms with Crippen LogP contribution >= 0.6 is 0 Å². The van der Waals surface area contributed by atoms with E-state index in [0.717, 1.165) is 23.8 Å². The van der Waals surface area contributed by atoms with Crippen molar-refractivity contribution in [1.82, 2.24) is 9.88 Å². The molecule has 0 bridgehead atoms. The molecule has 1 amide bonds. The number of H-pyrrole nitrogens is 1. The van der Waals surface area contributed by atoms with Crippen LogP contribution in [0.5, 0.6) is 0 Å². The molecular weight excluding hydrogens is 324 g/mol. The van der Waals surface area contributed by atoms with Gasteiger partial charge in [-0.05, 0) is 24.5 Å². The van der Waals surface area contributed by atoms with Crippen LogP contribution < -0.4 is 5.56 Å². The van der Waals surface area contributed by atoms with E-state index in [9.17, 15) is 9.59 Å². The smallest absolute Gasteiger partial charge is 0.255 e. The number of nitrogens with one attached hydrogen (secondary N) is 1. The summed E-state index contributed by atoms with van der Waals surface area (Å²) in [4.78, 5) is 29.8. The van der Waals surface area contributed by atoms with Crippen LogP contribution in [0.15, 0.2) is 71.5 Å². The molecule has 1 N–H and O–H groups in total. The highest BCUT2D eigenvalue weighted by Crippen LogP contribution is 2.29. The second kappa shape index (κ2) is 7.00. The van der Waals surface area contributed by atoms with Crippen LogP contribution in [-0.4, -0.2) is 28.4 Å². The summed E-state index contributed by atoms with van der Waals surface area (Å²) in [5.41, 5.74) is 2.03. The first-order valence-electron chi connectivity index (χ1n) is 8.87. The van der Waals surface area contributed by atoms with E-state index in [1.165, 1.54) is 6.07 Å². The van der Waals surface area contributed by atoms with E-state index in [2.05, 4.69) is 4.98 Å². The number of benzene rings is 2. The number of aromatic amines is 1. The Bertz CT molecular complexity index is 1020. The van der Waals surface area contributed by atoms with E-state index in [1.54, 1.807) is 0 Å². The molecule has 4 rings (SSSR count). The van der Waals surface area contributed by atoms with Gasteiger partial charge in [0.2, 0.25) is 5.56 Å². The first-order chi connectivity index (χ1) is 12.7. The largest absolute Gasteiger partial charge is 0.332 e. The van der Waals surface area contributed by atoms with Crippen molar-refractivity contribution < 1.29 is 4.79 Å². The van der Waals surface area contributed by atoms with Crippen molar-refractivity contribution in [3.05, 3.63) is 88.2 Å². The Balaban J connectivity index is 1.62. The Morgan fingerprint density at radius 1 is 1.08 bits per heavy atom. The SMILES string of the molecule is O=C(c1cc(=O)[nH]c2ccccc12)N(C/C=C/c1ccccc1)C1CC1. The number of fused-ring (bicyclic) bond motifs is 1. The lowest BCUT2D eigenvalue weighted by Gasteiger charge is -2.21. The molecule has 0 radical (unpaired) electrons. The maximum Gasteiger partial charge on any atom is 0.255 e. The molecule has 130 valence electrons. The van der Waals surface area contributed by atoms with E-state index in [4.69, 9.17) is 0 Å². The third-order valence-corrected chi connectivity index (χ3v) is 4.64. The van der Waals surface area contributed by atoms with Gasteiger partial charge in [0, 0.05) is 29.6 Å². The summed E-state index contributed by atoms with van der Waals surface area (Å²) in [7, 11) is 0. The first kappa shape index (κ1) is 16.3. The van der Waals surface area contributed by atoms with Crippen molar-refractivity contribution >= 4 is 22.9 Å². The molecule has 1 aromatic heterocycles. The number of pyridine rings is 1. The summed E-state index contributed by atoms with van der Waals surface area (Å²) >= 11 is 0. The minimum atomic E-state index is -0.248. The van der Waals surface area contributed by atoms with Crippen LogP contribution in [-0.2, 0) is 0 Å². The second-order valence-electron chi connectivity index (χ2n) is 6.59. The second-order valence-corrected chi connectivity index (χ2v) is 6.59. The standard InChI is InChI=1S/C22H20N2O2/c25-21-15-19(18-10-4-5-11-20(18)23-21)22(26)24(17-12-13-17)14-6-9-16-7-2-1-3-8-16/h1-11,15,17H,12-14H2,(H,23,25)/b9-6+. The van der Waals surface area contributed by atoms with Gasteiger partial charge < -0.3 is 9.88 Å². The van der Waals surface area contributed by atoms with Crippen LogP contribution in [0.1, 0.15) is 28.8 Å². The minimum absolute atomic E-state index is 0.0764. The highest BCUT2D eigenvalue weighted by Gasteiger charge is 2.33. The monoisotopic (exact) mass is 344 g/mol. The zero-order chi connectivity index (χ0) is 17.9. The highest BCUT2D eigenvalue weighted by molar-refractivity contribution is 6.06. The molecule has 1 heterocycles. The van der Waals surface area contributed by atoms with Gasteiger partial charge in [0.15, 0.2) is 0 Å². The predicted octanol–water partition coefficient (Wildman–Crippen LogP) is 3.85. The maximum absolute atomic E-state index is 13.2. The van der Waals surface area contributed by atoms with Gasteiger partial charge in [0.1, 0.15) is 0 Å². The fourth-order valence-electron chi connectivity index (χ4n) is 3.19. The Morgan fingerprint density at radius 3 is 2.58 bits per heavy atom. The average molecular weight is 344 g/mol. The lowest BCUT2D eigenvalue weighted by Crippen LogP contribution is -2.34. The van der Waals surface area contributed by atoms with Gasteiger partial charge in [-0.3, -0.25) is 9.59 Å². The molecule has 4 heteroatoms. The number of amides is 1. The van der Waals surface area contributed by atoms with Crippen molar-refractivity contribution in [2.24, 2.45) is 0 Å². The van der Waals surface area contributed by atoms with Crippen molar-refractivity contribution in [1.29, 1.82) is 0 Å². The molecule has 1 saturated carbocycles. The summed E-state index contributed by atoms with van der Waals surface area (Å²) < 4.78 is 0. The number of hydrogen-bond acceptors (Lipinski definition) is 2.